The Hall–Kier alpha value is -3.11. The van der Waals surface area contributed by atoms with Crippen LogP contribution in [0, 0.1) is 5.82 Å². The fourth-order valence-electron chi connectivity index (χ4n) is 2.98. The molecular weight excluding hydrogens is 494 g/mol. The third-order valence-electron chi connectivity index (χ3n) is 4.65. The van der Waals surface area contributed by atoms with E-state index in [4.69, 9.17) is 16.3 Å². The van der Waals surface area contributed by atoms with Crippen LogP contribution < -0.4 is 9.64 Å². The lowest BCUT2D eigenvalue weighted by Gasteiger charge is -2.26. The van der Waals surface area contributed by atoms with Gasteiger partial charge in [-0.25, -0.2) is 9.37 Å². The van der Waals surface area contributed by atoms with Gasteiger partial charge >= 0.3 is 6.18 Å². The molecule has 3 aromatic rings. The van der Waals surface area contributed by atoms with Gasteiger partial charge in [0.15, 0.2) is 5.17 Å². The molecule has 34 heavy (non-hydrogen) atoms. The van der Waals surface area contributed by atoms with Crippen molar-refractivity contribution in [2.45, 2.75) is 12.7 Å². The summed E-state index contributed by atoms with van der Waals surface area (Å²) < 4.78 is 59.2. The molecule has 0 spiro atoms. The molecule has 0 unspecified atom stereocenters. The Morgan fingerprint density at radius 2 is 1.85 bits per heavy atom. The molecule has 11 heteroatoms. The number of aliphatic imine (C=N–C) groups is 1. The predicted octanol–water partition coefficient (Wildman–Crippen LogP) is 6.47. The highest BCUT2D eigenvalue weighted by Crippen LogP contribution is 2.35. The number of anilines is 1. The smallest absolute Gasteiger partial charge is 0.419 e. The number of carbonyl (C=O) groups is 1. The number of hydrogen-bond acceptors (Lipinski definition) is 4. The van der Waals surface area contributed by atoms with E-state index in [0.29, 0.717) is 17.4 Å². The summed E-state index contributed by atoms with van der Waals surface area (Å²) in [6.45, 7) is 0.0526. The van der Waals surface area contributed by atoms with Crippen molar-refractivity contribution in [1.82, 2.24) is 4.98 Å². The molecule has 0 fully saturated rings. The van der Waals surface area contributed by atoms with E-state index in [1.807, 2.05) is 0 Å². The van der Waals surface area contributed by atoms with Crippen LogP contribution in [-0.2, 0) is 12.7 Å². The van der Waals surface area contributed by atoms with Gasteiger partial charge in [-0.05, 0) is 54.3 Å². The second kappa shape index (κ2) is 10.9. The van der Waals surface area contributed by atoms with Gasteiger partial charge in [-0.1, -0.05) is 35.5 Å². The fraction of sp³-hybridized carbons (Fsp3) is 0.174. The van der Waals surface area contributed by atoms with Crippen molar-refractivity contribution in [3.8, 4) is 5.75 Å². The van der Waals surface area contributed by atoms with Gasteiger partial charge < -0.3 is 9.64 Å². The molecule has 1 heterocycles. The summed E-state index contributed by atoms with van der Waals surface area (Å²) in [6.07, 6.45) is -1.93. The zero-order chi connectivity index (χ0) is 24.9. The minimum atomic E-state index is -4.90. The Balaban J connectivity index is 2.08. The number of rotatable bonds is 5. The van der Waals surface area contributed by atoms with Crippen LogP contribution in [0.3, 0.4) is 0 Å². The van der Waals surface area contributed by atoms with E-state index in [-0.39, 0.29) is 28.1 Å². The Morgan fingerprint density at radius 1 is 1.15 bits per heavy atom. The summed E-state index contributed by atoms with van der Waals surface area (Å²) in [5.41, 5.74) is -0.554. The van der Waals surface area contributed by atoms with E-state index in [9.17, 15) is 22.4 Å². The number of hydrogen-bond donors (Lipinski definition) is 0. The highest BCUT2D eigenvalue weighted by atomic mass is 35.5. The zero-order valence-electron chi connectivity index (χ0n) is 17.9. The number of carbonyl (C=O) groups excluding carboxylic acids is 1. The largest absolute Gasteiger partial charge is 0.497 e. The topological polar surface area (TPSA) is 54.8 Å². The maximum atomic E-state index is 13.9. The lowest BCUT2D eigenvalue weighted by molar-refractivity contribution is -0.139. The average Bonchev–Trinajstić information content (AvgIpc) is 2.81. The van der Waals surface area contributed by atoms with Crippen molar-refractivity contribution in [3.63, 3.8) is 0 Å². The van der Waals surface area contributed by atoms with Gasteiger partial charge in [0.25, 0.3) is 5.91 Å². The molecule has 0 radical (unpaired) electrons. The van der Waals surface area contributed by atoms with Gasteiger partial charge in [-0.3, -0.25) is 4.79 Å². The van der Waals surface area contributed by atoms with E-state index in [1.165, 1.54) is 36.4 Å². The van der Waals surface area contributed by atoms with Crippen molar-refractivity contribution in [3.05, 3.63) is 88.5 Å². The van der Waals surface area contributed by atoms with Crippen LogP contribution in [-0.4, -0.2) is 29.4 Å². The Kier molecular flexibility index (Phi) is 8.16. The van der Waals surface area contributed by atoms with E-state index < -0.39 is 23.5 Å². The monoisotopic (exact) mass is 511 g/mol. The lowest BCUT2D eigenvalue weighted by atomic mass is 10.1. The van der Waals surface area contributed by atoms with Crippen LogP contribution in [0.1, 0.15) is 21.5 Å². The van der Waals surface area contributed by atoms with Gasteiger partial charge in [0, 0.05) is 17.4 Å². The Morgan fingerprint density at radius 3 is 2.44 bits per heavy atom. The van der Waals surface area contributed by atoms with Gasteiger partial charge in [0.05, 0.1) is 19.2 Å². The first-order valence-electron chi connectivity index (χ1n) is 9.68. The van der Waals surface area contributed by atoms with Crippen LogP contribution in [0.15, 0.2) is 65.8 Å². The maximum absolute atomic E-state index is 13.9. The molecule has 178 valence electrons. The summed E-state index contributed by atoms with van der Waals surface area (Å²) in [6, 6.07) is 12.2. The second-order valence-electron chi connectivity index (χ2n) is 6.87. The highest BCUT2D eigenvalue weighted by Gasteiger charge is 2.35. The van der Waals surface area contributed by atoms with E-state index in [2.05, 4.69) is 9.98 Å². The summed E-state index contributed by atoms with van der Waals surface area (Å²) in [5.74, 6) is -1.46. The number of methoxy groups -OCH3 is 1. The molecule has 0 saturated carbocycles. The van der Waals surface area contributed by atoms with Crippen molar-refractivity contribution >= 4 is 40.1 Å². The molecule has 1 aromatic heterocycles. The molecule has 5 nitrogen and oxygen atoms in total. The minimum Gasteiger partial charge on any atom is -0.497 e. The molecule has 0 saturated heterocycles. The summed E-state index contributed by atoms with van der Waals surface area (Å²) in [7, 11) is 1.51. The SMILES string of the molecule is COc1ccc(CN(C(=NC(=O)c2ccnc(Cl)c2)SC)c2ccc(F)c(C(F)(F)F)c2)cc1. The Labute approximate surface area is 202 Å². The number of pyridine rings is 1. The van der Waals surface area contributed by atoms with Gasteiger partial charge in [0.1, 0.15) is 16.7 Å². The normalized spacial score (nSPS) is 11.9. The van der Waals surface area contributed by atoms with Crippen LogP contribution in [0.4, 0.5) is 23.2 Å². The molecule has 1 amide bonds. The number of ether oxygens (including phenoxy) is 1. The zero-order valence-corrected chi connectivity index (χ0v) is 19.5. The number of amidine groups is 1. The average molecular weight is 512 g/mol. The summed E-state index contributed by atoms with van der Waals surface area (Å²) in [5, 5.41) is 0.198. The van der Waals surface area contributed by atoms with E-state index >= 15 is 0 Å². The molecule has 0 aliphatic rings. The van der Waals surface area contributed by atoms with Crippen LogP contribution in [0.25, 0.3) is 0 Å². The highest BCUT2D eigenvalue weighted by molar-refractivity contribution is 8.13. The van der Waals surface area contributed by atoms with Crippen molar-refractivity contribution in [1.29, 1.82) is 0 Å². The quantitative estimate of drug-likeness (QED) is 0.170. The van der Waals surface area contributed by atoms with Crippen molar-refractivity contribution in [2.24, 2.45) is 4.99 Å². The molecule has 0 N–H and O–H groups in total. The van der Waals surface area contributed by atoms with Crippen LogP contribution in [0.2, 0.25) is 5.15 Å². The third kappa shape index (κ3) is 6.27. The van der Waals surface area contributed by atoms with E-state index in [1.54, 1.807) is 30.5 Å². The molecule has 0 aliphatic heterocycles. The third-order valence-corrected chi connectivity index (χ3v) is 5.53. The molecule has 2 aromatic carbocycles. The number of amides is 1. The van der Waals surface area contributed by atoms with Crippen LogP contribution in [0.5, 0.6) is 5.75 Å². The second-order valence-corrected chi connectivity index (χ2v) is 8.03. The molecule has 0 aliphatic carbocycles. The lowest BCUT2D eigenvalue weighted by Crippen LogP contribution is -2.29. The molecule has 3 rings (SSSR count). The maximum Gasteiger partial charge on any atom is 0.419 e. The fourth-order valence-corrected chi connectivity index (χ4v) is 3.72. The minimum absolute atomic E-state index is 0.0122. The first kappa shape index (κ1) is 25.5. The molecule has 0 atom stereocenters. The van der Waals surface area contributed by atoms with Crippen molar-refractivity contribution < 1.29 is 27.1 Å². The first-order chi connectivity index (χ1) is 16.1. The van der Waals surface area contributed by atoms with Crippen molar-refractivity contribution in [2.75, 3.05) is 18.3 Å². The number of halogens is 5. The number of benzene rings is 2. The van der Waals surface area contributed by atoms with Gasteiger partial charge in [-0.15, -0.1) is 0 Å². The molecular formula is C23H18ClF4N3O2S. The van der Waals surface area contributed by atoms with Gasteiger partial charge in [0.2, 0.25) is 0 Å². The standard InChI is InChI=1S/C23H18ClF4N3O2S/c1-33-17-6-3-14(4-7-17)13-31(16-5-8-19(25)18(12-16)23(26,27)28)22(34-2)30-21(32)15-9-10-29-20(24)11-15/h3-12H,13H2,1-2H3. The molecule has 0 bridgehead atoms. The number of aromatic nitrogens is 1. The van der Waals surface area contributed by atoms with E-state index in [0.717, 1.165) is 17.8 Å². The Bertz CT molecular complexity index is 1200. The first-order valence-corrected chi connectivity index (χ1v) is 11.3. The van der Waals surface area contributed by atoms with Crippen LogP contribution >= 0.6 is 23.4 Å². The summed E-state index contributed by atoms with van der Waals surface area (Å²) >= 11 is 6.90. The number of thioether (sulfide) groups is 1. The predicted molar refractivity (Wildman–Crippen MR) is 125 cm³/mol. The number of nitrogens with zero attached hydrogens (tertiary/aromatic N) is 3. The van der Waals surface area contributed by atoms with Gasteiger partial charge in [-0.2, -0.15) is 18.2 Å². The number of alkyl halides is 3. The summed E-state index contributed by atoms with van der Waals surface area (Å²) in [4.78, 5) is 22.1.